The molecule has 1 rings (SSSR count). The number of amides is 1. The molecule has 0 aliphatic carbocycles. The third-order valence-corrected chi connectivity index (χ3v) is 2.58. The minimum absolute atomic E-state index is 0.0877. The van der Waals surface area contributed by atoms with Gasteiger partial charge in [0.1, 0.15) is 6.61 Å². The fourth-order valence-electron chi connectivity index (χ4n) is 1.67. The van der Waals surface area contributed by atoms with E-state index >= 15 is 0 Å². The van der Waals surface area contributed by atoms with Crippen LogP contribution in [0.2, 0.25) is 0 Å². The average Bonchev–Trinajstić information content (AvgIpc) is 2.30. The van der Waals surface area contributed by atoms with Gasteiger partial charge in [0.2, 0.25) is 5.91 Å². The molecule has 0 radical (unpaired) electrons. The summed E-state index contributed by atoms with van der Waals surface area (Å²) in [6.45, 7) is 0.689. The first-order chi connectivity index (χ1) is 8.15. The van der Waals surface area contributed by atoms with Crippen LogP contribution in [0.1, 0.15) is 11.6 Å². The zero-order valence-corrected chi connectivity index (χ0v) is 10.6. The van der Waals surface area contributed by atoms with Crippen LogP contribution in [0, 0.1) is 0 Å². The van der Waals surface area contributed by atoms with Gasteiger partial charge in [-0.3, -0.25) is 4.79 Å². The van der Waals surface area contributed by atoms with Crippen molar-refractivity contribution >= 4 is 5.91 Å². The molecule has 0 aromatic heterocycles. The van der Waals surface area contributed by atoms with Gasteiger partial charge in [-0.05, 0) is 19.7 Å². The van der Waals surface area contributed by atoms with Crippen molar-refractivity contribution in [2.24, 2.45) is 0 Å². The zero-order chi connectivity index (χ0) is 12.7. The lowest BCUT2D eigenvalue weighted by Crippen LogP contribution is -2.36. The number of methoxy groups -OCH3 is 1. The Morgan fingerprint density at radius 3 is 2.53 bits per heavy atom. The van der Waals surface area contributed by atoms with E-state index in [0.717, 1.165) is 0 Å². The van der Waals surface area contributed by atoms with Gasteiger partial charge in [0.15, 0.2) is 0 Å². The Kier molecular flexibility index (Phi) is 5.66. The smallest absolute Gasteiger partial charge is 0.246 e. The largest absolute Gasteiger partial charge is 0.375 e. The van der Waals surface area contributed by atoms with Crippen LogP contribution in [-0.2, 0) is 9.53 Å². The van der Waals surface area contributed by atoms with Gasteiger partial charge < -0.3 is 15.0 Å². The normalized spacial score (nSPS) is 12.5. The van der Waals surface area contributed by atoms with Gasteiger partial charge in [-0.15, -0.1) is 0 Å². The van der Waals surface area contributed by atoms with Crippen LogP contribution in [0.15, 0.2) is 30.3 Å². The van der Waals surface area contributed by atoms with E-state index < -0.39 is 0 Å². The van der Waals surface area contributed by atoms with Crippen molar-refractivity contribution in [3.8, 4) is 0 Å². The molecule has 0 saturated heterocycles. The van der Waals surface area contributed by atoms with E-state index in [4.69, 9.17) is 4.74 Å². The van der Waals surface area contributed by atoms with Crippen LogP contribution < -0.4 is 5.32 Å². The van der Waals surface area contributed by atoms with Crippen molar-refractivity contribution < 1.29 is 9.53 Å². The van der Waals surface area contributed by atoms with Gasteiger partial charge in [-0.25, -0.2) is 0 Å². The quantitative estimate of drug-likeness (QED) is 0.803. The molecular weight excluding hydrogens is 216 g/mol. The Bertz CT molecular complexity index is 339. The summed E-state index contributed by atoms with van der Waals surface area (Å²) in [4.78, 5) is 13.4. The number of hydrogen-bond donors (Lipinski definition) is 1. The number of carbonyl (C=O) groups excluding carboxylic acids is 1. The summed E-state index contributed by atoms with van der Waals surface area (Å²) >= 11 is 0. The summed E-state index contributed by atoms with van der Waals surface area (Å²) in [5, 5.41) is 2.86. The van der Waals surface area contributed by atoms with E-state index in [1.54, 1.807) is 0 Å². The topological polar surface area (TPSA) is 41.6 Å². The summed E-state index contributed by atoms with van der Waals surface area (Å²) in [6, 6.07) is 10.3. The SMILES string of the molecule is COCC(=O)NC[C@@H](c1ccccc1)N(C)C. The maximum Gasteiger partial charge on any atom is 0.246 e. The summed E-state index contributed by atoms with van der Waals surface area (Å²) < 4.78 is 4.78. The van der Waals surface area contributed by atoms with Gasteiger partial charge in [0.25, 0.3) is 0 Å². The third-order valence-electron chi connectivity index (χ3n) is 2.58. The number of hydrogen-bond acceptors (Lipinski definition) is 3. The van der Waals surface area contributed by atoms with Gasteiger partial charge >= 0.3 is 0 Å². The molecule has 4 nitrogen and oxygen atoms in total. The second-order valence-electron chi connectivity index (χ2n) is 4.13. The Labute approximate surface area is 103 Å². The maximum absolute atomic E-state index is 11.3. The molecule has 0 aliphatic rings. The molecule has 0 aliphatic heterocycles. The summed E-state index contributed by atoms with van der Waals surface area (Å²) in [6.07, 6.45) is 0. The van der Waals surface area contributed by atoms with Crippen molar-refractivity contribution in [2.75, 3.05) is 34.4 Å². The molecule has 0 fully saturated rings. The highest BCUT2D eigenvalue weighted by molar-refractivity contribution is 5.77. The minimum Gasteiger partial charge on any atom is -0.375 e. The van der Waals surface area contributed by atoms with Crippen molar-refractivity contribution in [3.63, 3.8) is 0 Å². The van der Waals surface area contributed by atoms with Crippen LogP contribution in [-0.4, -0.2) is 45.2 Å². The highest BCUT2D eigenvalue weighted by Gasteiger charge is 2.14. The van der Waals surface area contributed by atoms with Crippen LogP contribution in [0.5, 0.6) is 0 Å². The van der Waals surface area contributed by atoms with E-state index in [1.807, 2.05) is 32.3 Å². The second kappa shape index (κ2) is 7.04. The van der Waals surface area contributed by atoms with E-state index in [0.29, 0.717) is 6.54 Å². The van der Waals surface area contributed by atoms with E-state index in [9.17, 15) is 4.79 Å². The first-order valence-corrected chi connectivity index (χ1v) is 5.62. The van der Waals surface area contributed by atoms with Crippen molar-refractivity contribution in [3.05, 3.63) is 35.9 Å². The molecule has 0 unspecified atom stereocenters. The molecule has 1 aromatic rings. The van der Waals surface area contributed by atoms with Crippen molar-refractivity contribution in [2.45, 2.75) is 6.04 Å². The number of rotatable bonds is 6. The molecular formula is C13H20N2O2. The fraction of sp³-hybridized carbons (Fsp3) is 0.462. The van der Waals surface area contributed by atoms with E-state index in [2.05, 4.69) is 22.3 Å². The number of carbonyl (C=O) groups is 1. The number of benzene rings is 1. The lowest BCUT2D eigenvalue weighted by molar-refractivity contribution is -0.124. The monoisotopic (exact) mass is 236 g/mol. The first-order valence-electron chi connectivity index (χ1n) is 5.62. The van der Waals surface area contributed by atoms with Crippen LogP contribution in [0.3, 0.4) is 0 Å². The lowest BCUT2D eigenvalue weighted by Gasteiger charge is -2.25. The summed E-state index contributed by atoms with van der Waals surface area (Å²) in [5.74, 6) is -0.0877. The highest BCUT2D eigenvalue weighted by atomic mass is 16.5. The Hall–Kier alpha value is -1.39. The van der Waals surface area contributed by atoms with E-state index in [-0.39, 0.29) is 18.6 Å². The molecule has 0 spiro atoms. The fourth-order valence-corrected chi connectivity index (χ4v) is 1.67. The molecule has 1 aromatic carbocycles. The number of nitrogens with one attached hydrogen (secondary N) is 1. The molecule has 4 heteroatoms. The van der Waals surface area contributed by atoms with Gasteiger partial charge in [0.05, 0.1) is 6.04 Å². The second-order valence-corrected chi connectivity index (χ2v) is 4.13. The van der Waals surface area contributed by atoms with Crippen molar-refractivity contribution in [1.82, 2.24) is 10.2 Å². The molecule has 0 heterocycles. The molecule has 0 bridgehead atoms. The van der Waals surface area contributed by atoms with Crippen LogP contribution in [0.25, 0.3) is 0 Å². The first kappa shape index (κ1) is 13.7. The van der Waals surface area contributed by atoms with E-state index in [1.165, 1.54) is 12.7 Å². The summed E-state index contributed by atoms with van der Waals surface area (Å²) in [7, 11) is 5.51. The van der Waals surface area contributed by atoms with Crippen LogP contribution in [0.4, 0.5) is 0 Å². The molecule has 0 saturated carbocycles. The molecule has 1 amide bonds. The molecule has 1 atom stereocenters. The summed E-state index contributed by atoms with van der Waals surface area (Å²) in [5.41, 5.74) is 1.19. The third kappa shape index (κ3) is 4.54. The predicted molar refractivity (Wildman–Crippen MR) is 67.8 cm³/mol. The van der Waals surface area contributed by atoms with Gasteiger partial charge in [0, 0.05) is 13.7 Å². The minimum atomic E-state index is -0.0877. The Morgan fingerprint density at radius 2 is 2.00 bits per heavy atom. The predicted octanol–water partition coefficient (Wildman–Crippen LogP) is 1.05. The van der Waals surface area contributed by atoms with Gasteiger partial charge in [-0.1, -0.05) is 30.3 Å². The number of ether oxygens (including phenoxy) is 1. The molecule has 17 heavy (non-hydrogen) atoms. The number of nitrogens with zero attached hydrogens (tertiary/aromatic N) is 1. The average molecular weight is 236 g/mol. The highest BCUT2D eigenvalue weighted by Crippen LogP contribution is 2.16. The van der Waals surface area contributed by atoms with Gasteiger partial charge in [-0.2, -0.15) is 0 Å². The zero-order valence-electron chi connectivity index (χ0n) is 10.6. The Morgan fingerprint density at radius 1 is 1.35 bits per heavy atom. The van der Waals surface area contributed by atoms with Crippen LogP contribution >= 0.6 is 0 Å². The van der Waals surface area contributed by atoms with Crippen molar-refractivity contribution in [1.29, 1.82) is 0 Å². The standard InChI is InChI=1S/C13H20N2O2/c1-15(2)12(9-14-13(16)10-17-3)11-7-5-4-6-8-11/h4-8,12H,9-10H2,1-3H3,(H,14,16)/t12-/m0/s1. The number of likely N-dealkylation sites (N-methyl/N-ethyl adjacent to an activating group) is 1. The lowest BCUT2D eigenvalue weighted by atomic mass is 10.1. The maximum atomic E-state index is 11.3. The molecule has 94 valence electrons. The molecule has 1 N–H and O–H groups in total. The Balaban J connectivity index is 2.59.